The van der Waals surface area contributed by atoms with E-state index < -0.39 is 0 Å². The summed E-state index contributed by atoms with van der Waals surface area (Å²) in [6.07, 6.45) is 0. The lowest BCUT2D eigenvalue weighted by atomic mass is 10.1. The molecule has 0 fully saturated rings. The Hall–Kier alpha value is -2.11. The second-order valence-electron chi connectivity index (χ2n) is 3.00. The number of azide groups is 1. The van der Waals surface area contributed by atoms with E-state index in [4.69, 9.17) is 17.7 Å². The molecule has 2 N–H and O–H groups in total. The summed E-state index contributed by atoms with van der Waals surface area (Å²) in [5, 5.41) is 10.7. The smallest absolute Gasteiger partial charge is 0.186 e. The molecule has 0 aliphatic carbocycles. The summed E-state index contributed by atoms with van der Waals surface area (Å²) in [5.74, 6) is 0. The Balaban J connectivity index is 2.87. The first-order valence-electron chi connectivity index (χ1n) is 4.88. The summed E-state index contributed by atoms with van der Waals surface area (Å²) in [6.45, 7) is 0.167. The average molecular weight is 248 g/mol. The molecule has 0 aliphatic rings. The molecule has 0 bridgehead atoms. The van der Waals surface area contributed by atoms with Crippen molar-refractivity contribution >= 4 is 23.0 Å². The number of hydrogen-bond acceptors (Lipinski definition) is 3. The lowest BCUT2D eigenvalue weighted by Gasteiger charge is -2.05. The molecule has 88 valence electrons. The monoisotopic (exact) mass is 248 g/mol. The maximum atomic E-state index is 8.33. The van der Waals surface area contributed by atoms with Crippen LogP contribution in [0.4, 0.5) is 0 Å². The molecule has 0 radical (unpaired) electrons. The van der Waals surface area contributed by atoms with Crippen molar-refractivity contribution in [3.05, 3.63) is 46.3 Å². The average Bonchev–Trinajstić information content (AvgIpc) is 2.39. The van der Waals surface area contributed by atoms with Crippen molar-refractivity contribution in [2.45, 2.75) is 0 Å². The Bertz CT molecular complexity index is 449. The number of rotatable bonds is 4. The third-order valence-electron chi connectivity index (χ3n) is 1.91. The Kier molecular flexibility index (Phi) is 5.50. The fraction of sp³-hybridized carbons (Fsp3) is 0.200. The summed E-state index contributed by atoms with van der Waals surface area (Å²) in [7, 11) is 1.69. The third-order valence-corrected chi connectivity index (χ3v) is 2.21. The topological polar surface area (TPSA) is 85.2 Å². The molecule has 0 amide bonds. The molecule has 0 spiro atoms. The Morgan fingerprint density at radius 3 is 2.71 bits per heavy atom. The largest absolute Gasteiger partial charge is 0.364 e. The first kappa shape index (κ1) is 13.0. The zero-order chi connectivity index (χ0) is 12.5. The van der Waals surface area contributed by atoms with Crippen LogP contribution >= 0.6 is 12.2 Å². The molecule has 0 unspecified atom stereocenters. The zero-order valence-corrected chi connectivity index (χ0v) is 10.1. The fourth-order valence-electron chi connectivity index (χ4n) is 1.09. The summed E-state index contributed by atoms with van der Waals surface area (Å²) in [6, 6.07) is 9.45. The van der Waals surface area contributed by atoms with Crippen molar-refractivity contribution in [3.63, 3.8) is 0 Å². The first-order valence-corrected chi connectivity index (χ1v) is 5.29. The van der Waals surface area contributed by atoms with Crippen molar-refractivity contribution in [2.75, 3.05) is 13.6 Å². The Morgan fingerprint density at radius 1 is 1.41 bits per heavy atom. The molecule has 17 heavy (non-hydrogen) atoms. The zero-order valence-electron chi connectivity index (χ0n) is 9.29. The second-order valence-corrected chi connectivity index (χ2v) is 3.41. The number of nitrogens with one attached hydrogen (secondary N) is 2. The minimum Gasteiger partial charge on any atom is -0.364 e. The summed E-state index contributed by atoms with van der Waals surface area (Å²) < 4.78 is 0. The minimum atomic E-state index is 0.167. The van der Waals surface area contributed by atoms with Gasteiger partial charge in [0.15, 0.2) is 5.11 Å². The van der Waals surface area contributed by atoms with Crippen LogP contribution < -0.4 is 10.7 Å². The molecule has 0 aromatic heterocycles. The van der Waals surface area contributed by atoms with E-state index in [-0.39, 0.29) is 6.54 Å². The van der Waals surface area contributed by atoms with E-state index in [9.17, 15) is 0 Å². The van der Waals surface area contributed by atoms with Crippen LogP contribution in [0.5, 0.6) is 0 Å². The highest BCUT2D eigenvalue weighted by atomic mass is 32.1. The number of hydrazone groups is 1. The minimum absolute atomic E-state index is 0.167. The second kappa shape index (κ2) is 7.21. The van der Waals surface area contributed by atoms with Gasteiger partial charge in [0.25, 0.3) is 0 Å². The van der Waals surface area contributed by atoms with Crippen LogP contribution in [0.1, 0.15) is 5.56 Å². The van der Waals surface area contributed by atoms with E-state index >= 15 is 0 Å². The van der Waals surface area contributed by atoms with Gasteiger partial charge in [-0.25, -0.2) is 0 Å². The highest BCUT2D eigenvalue weighted by Gasteiger charge is 2.01. The standard InChI is InChI=1S/C10H12N6S/c1-12-10(17)15-14-9(7-13-16-11)8-5-3-2-4-6-8/h2-6H,7H2,1H3,(H2,12,15,17)/b14-9-. The van der Waals surface area contributed by atoms with E-state index in [1.807, 2.05) is 30.3 Å². The van der Waals surface area contributed by atoms with Gasteiger partial charge in [-0.05, 0) is 23.3 Å². The van der Waals surface area contributed by atoms with Crippen LogP contribution in [-0.2, 0) is 0 Å². The van der Waals surface area contributed by atoms with Crippen molar-refractivity contribution < 1.29 is 0 Å². The summed E-state index contributed by atoms with van der Waals surface area (Å²) in [4.78, 5) is 2.72. The predicted octanol–water partition coefficient (Wildman–Crippen LogP) is 1.79. The number of benzene rings is 1. The number of hydrogen-bond donors (Lipinski definition) is 2. The van der Waals surface area contributed by atoms with Gasteiger partial charge < -0.3 is 5.32 Å². The van der Waals surface area contributed by atoms with E-state index in [0.717, 1.165) is 5.56 Å². The van der Waals surface area contributed by atoms with Gasteiger partial charge in [-0.1, -0.05) is 35.4 Å². The van der Waals surface area contributed by atoms with Crippen LogP contribution in [0.2, 0.25) is 0 Å². The maximum Gasteiger partial charge on any atom is 0.186 e. The van der Waals surface area contributed by atoms with Gasteiger partial charge in [-0.15, -0.1) is 0 Å². The van der Waals surface area contributed by atoms with Gasteiger partial charge in [0, 0.05) is 12.0 Å². The normalized spacial score (nSPS) is 10.3. The molecule has 0 heterocycles. The summed E-state index contributed by atoms with van der Waals surface area (Å²) >= 11 is 4.90. The lowest BCUT2D eigenvalue weighted by Crippen LogP contribution is -2.29. The van der Waals surface area contributed by atoms with E-state index in [0.29, 0.717) is 10.8 Å². The molecular weight excluding hydrogens is 236 g/mol. The lowest BCUT2D eigenvalue weighted by molar-refractivity contribution is 0.967. The van der Waals surface area contributed by atoms with Crippen LogP contribution in [0.15, 0.2) is 40.5 Å². The highest BCUT2D eigenvalue weighted by molar-refractivity contribution is 7.80. The van der Waals surface area contributed by atoms with Crippen molar-refractivity contribution in [1.82, 2.24) is 10.7 Å². The van der Waals surface area contributed by atoms with Crippen LogP contribution in [0.3, 0.4) is 0 Å². The van der Waals surface area contributed by atoms with Gasteiger partial charge in [-0.2, -0.15) is 5.10 Å². The third kappa shape index (κ3) is 4.50. The van der Waals surface area contributed by atoms with E-state index in [1.54, 1.807) is 7.05 Å². The molecule has 6 nitrogen and oxygen atoms in total. The van der Waals surface area contributed by atoms with E-state index in [1.165, 1.54) is 0 Å². The van der Waals surface area contributed by atoms with Gasteiger partial charge in [0.05, 0.1) is 12.3 Å². The Morgan fingerprint density at radius 2 is 2.12 bits per heavy atom. The van der Waals surface area contributed by atoms with Crippen LogP contribution in [-0.4, -0.2) is 24.4 Å². The van der Waals surface area contributed by atoms with Crippen molar-refractivity contribution in [2.24, 2.45) is 10.2 Å². The van der Waals surface area contributed by atoms with E-state index in [2.05, 4.69) is 25.9 Å². The van der Waals surface area contributed by atoms with Crippen LogP contribution in [0, 0.1) is 0 Å². The molecule has 1 aromatic rings. The quantitative estimate of drug-likeness (QED) is 0.213. The van der Waals surface area contributed by atoms with Gasteiger partial charge in [0.1, 0.15) is 0 Å². The first-order chi connectivity index (χ1) is 8.27. The molecule has 7 heteroatoms. The molecule has 0 saturated carbocycles. The number of nitrogens with zero attached hydrogens (tertiary/aromatic N) is 4. The molecular formula is C10H12N6S. The molecule has 1 rings (SSSR count). The summed E-state index contributed by atoms with van der Waals surface area (Å²) in [5.41, 5.74) is 12.5. The predicted molar refractivity (Wildman–Crippen MR) is 71.8 cm³/mol. The SMILES string of the molecule is CNC(=S)N/N=C(/CN=[N+]=[N-])c1ccccc1. The molecule has 0 saturated heterocycles. The van der Waals surface area contributed by atoms with Gasteiger partial charge >= 0.3 is 0 Å². The van der Waals surface area contributed by atoms with Crippen LogP contribution in [0.25, 0.3) is 10.4 Å². The maximum absolute atomic E-state index is 8.33. The van der Waals surface area contributed by atoms with Crippen molar-refractivity contribution in [1.29, 1.82) is 0 Å². The number of thiocarbonyl (C=S) groups is 1. The molecule has 1 aromatic carbocycles. The van der Waals surface area contributed by atoms with Gasteiger partial charge in [0.2, 0.25) is 0 Å². The van der Waals surface area contributed by atoms with Gasteiger partial charge in [-0.3, -0.25) is 5.43 Å². The molecule has 0 aliphatic heterocycles. The van der Waals surface area contributed by atoms with Crippen molar-refractivity contribution in [3.8, 4) is 0 Å². The highest BCUT2D eigenvalue weighted by Crippen LogP contribution is 2.01. The molecule has 0 atom stereocenters. The Labute approximate surface area is 104 Å². The fourth-order valence-corrected chi connectivity index (χ4v) is 1.14.